The fraction of sp³-hybridized carbons (Fsp3) is 0.429. The molecule has 0 aromatic heterocycles. The highest BCUT2D eigenvalue weighted by Crippen LogP contribution is 2.16. The number of benzene rings is 1. The molecule has 2 rings (SSSR count). The standard InChI is InChI=1S/C14H16F2N2O2/c15-12-5-4-10(7-13(12)16)17-14(20)8-18-6-2-1-3-11(18)9-19/h4-5,7,9,11H,1-3,6,8H2,(H,17,20). The number of carbonyl (C=O) groups is 2. The fourth-order valence-corrected chi connectivity index (χ4v) is 2.33. The highest BCUT2D eigenvalue weighted by molar-refractivity contribution is 5.92. The van der Waals surface area contributed by atoms with Gasteiger partial charge in [0.05, 0.1) is 12.6 Å². The molecule has 1 heterocycles. The van der Waals surface area contributed by atoms with Crippen LogP contribution in [-0.4, -0.2) is 36.2 Å². The number of piperidine rings is 1. The maximum absolute atomic E-state index is 13.0. The summed E-state index contributed by atoms with van der Waals surface area (Å²) in [4.78, 5) is 24.6. The normalized spacial score (nSPS) is 19.6. The van der Waals surface area contributed by atoms with Gasteiger partial charge in [0.15, 0.2) is 11.6 Å². The molecular formula is C14H16F2N2O2. The van der Waals surface area contributed by atoms with E-state index in [-0.39, 0.29) is 24.2 Å². The lowest BCUT2D eigenvalue weighted by molar-refractivity contribution is -0.120. The van der Waals surface area contributed by atoms with Crippen LogP contribution < -0.4 is 5.32 Å². The third-order valence-electron chi connectivity index (χ3n) is 3.37. The first-order valence-electron chi connectivity index (χ1n) is 6.54. The SMILES string of the molecule is O=CC1CCCCN1CC(=O)Nc1ccc(F)c(F)c1. The molecule has 0 radical (unpaired) electrons. The summed E-state index contributed by atoms with van der Waals surface area (Å²) in [7, 11) is 0. The Morgan fingerprint density at radius 1 is 1.35 bits per heavy atom. The summed E-state index contributed by atoms with van der Waals surface area (Å²) < 4.78 is 25.8. The van der Waals surface area contributed by atoms with Gasteiger partial charge in [0.1, 0.15) is 6.29 Å². The van der Waals surface area contributed by atoms with Crippen molar-refractivity contribution in [3.8, 4) is 0 Å². The van der Waals surface area contributed by atoms with Crippen LogP contribution >= 0.6 is 0 Å². The van der Waals surface area contributed by atoms with Crippen LogP contribution in [0.4, 0.5) is 14.5 Å². The molecule has 1 aliphatic rings. The van der Waals surface area contributed by atoms with Crippen molar-refractivity contribution in [3.05, 3.63) is 29.8 Å². The van der Waals surface area contributed by atoms with Crippen molar-refractivity contribution in [2.24, 2.45) is 0 Å². The summed E-state index contributed by atoms with van der Waals surface area (Å²) >= 11 is 0. The number of nitrogens with zero attached hydrogens (tertiary/aromatic N) is 1. The van der Waals surface area contributed by atoms with Crippen LogP contribution in [0, 0.1) is 11.6 Å². The van der Waals surface area contributed by atoms with Crippen LogP contribution in [0.5, 0.6) is 0 Å². The zero-order valence-corrected chi connectivity index (χ0v) is 10.9. The van der Waals surface area contributed by atoms with Crippen molar-refractivity contribution in [1.82, 2.24) is 4.90 Å². The van der Waals surface area contributed by atoms with Gasteiger partial charge < -0.3 is 10.1 Å². The van der Waals surface area contributed by atoms with Crippen LogP contribution in [0.15, 0.2) is 18.2 Å². The molecule has 0 bridgehead atoms. The molecule has 1 aromatic carbocycles. The lowest BCUT2D eigenvalue weighted by Crippen LogP contribution is -2.44. The van der Waals surface area contributed by atoms with Crippen molar-refractivity contribution in [2.45, 2.75) is 25.3 Å². The molecule has 108 valence electrons. The number of aldehydes is 1. The predicted octanol–water partition coefficient (Wildman–Crippen LogP) is 1.96. The van der Waals surface area contributed by atoms with Gasteiger partial charge in [-0.05, 0) is 31.5 Å². The Morgan fingerprint density at radius 2 is 2.15 bits per heavy atom. The van der Waals surface area contributed by atoms with Gasteiger partial charge in [-0.25, -0.2) is 8.78 Å². The fourth-order valence-electron chi connectivity index (χ4n) is 2.33. The first kappa shape index (κ1) is 14.6. The number of hydrogen-bond acceptors (Lipinski definition) is 3. The van der Waals surface area contributed by atoms with Crippen LogP contribution in [0.2, 0.25) is 0 Å². The molecule has 6 heteroatoms. The van der Waals surface area contributed by atoms with Gasteiger partial charge >= 0.3 is 0 Å². The molecule has 0 spiro atoms. The van der Waals surface area contributed by atoms with Gasteiger partial charge in [-0.15, -0.1) is 0 Å². The van der Waals surface area contributed by atoms with E-state index in [0.29, 0.717) is 6.54 Å². The van der Waals surface area contributed by atoms with E-state index in [2.05, 4.69) is 5.32 Å². The molecule has 1 aliphatic heterocycles. The van der Waals surface area contributed by atoms with Crippen molar-refractivity contribution in [1.29, 1.82) is 0 Å². The van der Waals surface area contributed by atoms with E-state index in [9.17, 15) is 18.4 Å². The van der Waals surface area contributed by atoms with Gasteiger partial charge in [0.25, 0.3) is 0 Å². The number of amides is 1. The molecule has 1 aromatic rings. The number of rotatable bonds is 4. The summed E-state index contributed by atoms with van der Waals surface area (Å²) in [6.07, 6.45) is 3.53. The predicted molar refractivity (Wildman–Crippen MR) is 70.3 cm³/mol. The highest BCUT2D eigenvalue weighted by atomic mass is 19.2. The van der Waals surface area contributed by atoms with E-state index in [4.69, 9.17) is 0 Å². The molecule has 1 saturated heterocycles. The second-order valence-electron chi connectivity index (χ2n) is 4.85. The average Bonchev–Trinajstić information content (AvgIpc) is 2.43. The van der Waals surface area contributed by atoms with Crippen LogP contribution in [0.3, 0.4) is 0 Å². The van der Waals surface area contributed by atoms with E-state index < -0.39 is 11.6 Å². The Labute approximate surface area is 115 Å². The van der Waals surface area contributed by atoms with E-state index in [1.165, 1.54) is 6.07 Å². The Bertz CT molecular complexity index is 508. The Kier molecular flexibility index (Phi) is 4.79. The third kappa shape index (κ3) is 3.60. The maximum atomic E-state index is 13.0. The zero-order chi connectivity index (χ0) is 14.5. The van der Waals surface area contributed by atoms with Crippen LogP contribution in [-0.2, 0) is 9.59 Å². The molecule has 1 amide bonds. The summed E-state index contributed by atoms with van der Waals surface area (Å²) in [5.74, 6) is -2.31. The molecule has 1 unspecified atom stereocenters. The largest absolute Gasteiger partial charge is 0.325 e. The number of likely N-dealkylation sites (tertiary alicyclic amines) is 1. The van der Waals surface area contributed by atoms with Gasteiger partial charge in [-0.2, -0.15) is 0 Å². The maximum Gasteiger partial charge on any atom is 0.238 e. The van der Waals surface area contributed by atoms with Gasteiger partial charge in [0.2, 0.25) is 5.91 Å². The summed E-state index contributed by atoms with van der Waals surface area (Å²) in [6.45, 7) is 0.761. The molecule has 1 fully saturated rings. The number of hydrogen-bond donors (Lipinski definition) is 1. The van der Waals surface area contributed by atoms with Gasteiger partial charge in [-0.3, -0.25) is 9.69 Å². The van der Waals surface area contributed by atoms with Gasteiger partial charge in [-0.1, -0.05) is 6.42 Å². The molecule has 1 N–H and O–H groups in total. The Balaban J connectivity index is 1.94. The van der Waals surface area contributed by atoms with E-state index in [1.54, 1.807) is 4.90 Å². The summed E-state index contributed by atoms with van der Waals surface area (Å²) in [5.41, 5.74) is 0.202. The van der Waals surface area contributed by atoms with Crippen LogP contribution in [0.1, 0.15) is 19.3 Å². The molecule has 0 saturated carbocycles. The first-order chi connectivity index (χ1) is 9.60. The monoisotopic (exact) mass is 282 g/mol. The molecular weight excluding hydrogens is 266 g/mol. The van der Waals surface area contributed by atoms with Crippen molar-refractivity contribution in [3.63, 3.8) is 0 Å². The molecule has 4 nitrogen and oxygen atoms in total. The molecule has 20 heavy (non-hydrogen) atoms. The smallest absolute Gasteiger partial charge is 0.238 e. The first-order valence-corrected chi connectivity index (χ1v) is 6.54. The van der Waals surface area contributed by atoms with Gasteiger partial charge in [0, 0.05) is 11.8 Å². The minimum Gasteiger partial charge on any atom is -0.325 e. The minimum absolute atomic E-state index is 0.0718. The zero-order valence-electron chi connectivity index (χ0n) is 10.9. The quantitative estimate of drug-likeness (QED) is 0.859. The molecule has 1 atom stereocenters. The number of nitrogens with one attached hydrogen (secondary N) is 1. The number of anilines is 1. The minimum atomic E-state index is -1.01. The van der Waals surface area contributed by atoms with Crippen molar-refractivity contribution in [2.75, 3.05) is 18.4 Å². The third-order valence-corrected chi connectivity index (χ3v) is 3.37. The second-order valence-corrected chi connectivity index (χ2v) is 4.85. The molecule has 0 aliphatic carbocycles. The van der Waals surface area contributed by atoms with Crippen LogP contribution in [0.25, 0.3) is 0 Å². The average molecular weight is 282 g/mol. The van der Waals surface area contributed by atoms with E-state index in [0.717, 1.165) is 37.7 Å². The number of halogens is 2. The summed E-state index contributed by atoms with van der Waals surface area (Å²) in [5, 5.41) is 2.50. The second kappa shape index (κ2) is 6.56. The lowest BCUT2D eigenvalue weighted by Gasteiger charge is -2.31. The Hall–Kier alpha value is -1.82. The topological polar surface area (TPSA) is 49.4 Å². The summed E-state index contributed by atoms with van der Waals surface area (Å²) in [6, 6.07) is 2.95. The van der Waals surface area contributed by atoms with Crippen molar-refractivity contribution < 1.29 is 18.4 Å². The number of carbonyl (C=O) groups excluding carboxylic acids is 2. The lowest BCUT2D eigenvalue weighted by atomic mass is 10.0. The van der Waals surface area contributed by atoms with E-state index >= 15 is 0 Å². The Morgan fingerprint density at radius 3 is 2.85 bits per heavy atom. The van der Waals surface area contributed by atoms with Crippen molar-refractivity contribution >= 4 is 17.9 Å². The van der Waals surface area contributed by atoms with E-state index in [1.807, 2.05) is 0 Å². The highest BCUT2D eigenvalue weighted by Gasteiger charge is 2.23.